The number of aryl methyl sites for hydroxylation is 1. The predicted molar refractivity (Wildman–Crippen MR) is 77.2 cm³/mol. The molecule has 0 aliphatic heterocycles. The lowest BCUT2D eigenvalue weighted by Crippen LogP contribution is -2.13. The van der Waals surface area contributed by atoms with Crippen molar-refractivity contribution in [2.24, 2.45) is 5.73 Å². The van der Waals surface area contributed by atoms with Crippen molar-refractivity contribution in [3.63, 3.8) is 0 Å². The molecule has 1 heterocycles. The van der Waals surface area contributed by atoms with E-state index in [1.165, 1.54) is 60.3 Å². The summed E-state index contributed by atoms with van der Waals surface area (Å²) in [6, 6.07) is 0. The molecule has 3 aliphatic rings. The van der Waals surface area contributed by atoms with E-state index in [-0.39, 0.29) is 0 Å². The second-order valence-corrected chi connectivity index (χ2v) is 6.26. The van der Waals surface area contributed by atoms with E-state index in [1.54, 1.807) is 0 Å². The highest BCUT2D eigenvalue weighted by Gasteiger charge is 2.38. The van der Waals surface area contributed by atoms with E-state index in [0.29, 0.717) is 11.7 Å². The summed E-state index contributed by atoms with van der Waals surface area (Å²) in [5.74, 6) is 1.99. The summed E-state index contributed by atoms with van der Waals surface area (Å²) >= 11 is 0. The van der Waals surface area contributed by atoms with Crippen molar-refractivity contribution in [2.45, 2.75) is 56.8 Å². The van der Waals surface area contributed by atoms with Crippen molar-refractivity contribution in [1.82, 2.24) is 4.98 Å². The Morgan fingerprint density at radius 2 is 1.89 bits per heavy atom. The summed E-state index contributed by atoms with van der Waals surface area (Å²) < 4.78 is 0. The molecule has 1 aromatic heterocycles. The number of fused-ring (bicyclic) bond motifs is 1. The lowest BCUT2D eigenvalue weighted by Gasteiger charge is -2.19. The van der Waals surface area contributed by atoms with Crippen LogP contribution in [0.2, 0.25) is 0 Å². The lowest BCUT2D eigenvalue weighted by atomic mass is 9.98. The van der Waals surface area contributed by atoms with E-state index in [4.69, 9.17) is 10.7 Å². The molecule has 100 valence electrons. The Kier molecular flexibility index (Phi) is 2.38. The molecule has 4 rings (SSSR count). The molecule has 3 N–H and O–H groups in total. The van der Waals surface area contributed by atoms with Crippen LogP contribution in [-0.4, -0.2) is 4.98 Å². The Morgan fingerprint density at radius 3 is 2.53 bits per heavy atom. The zero-order valence-electron chi connectivity index (χ0n) is 11.3. The second-order valence-electron chi connectivity index (χ2n) is 6.26. The molecule has 3 aliphatic carbocycles. The number of nitrogens with zero attached hydrogens (tertiary/aromatic N) is 1. The number of pyridine rings is 1. The van der Waals surface area contributed by atoms with Gasteiger partial charge >= 0.3 is 0 Å². The summed E-state index contributed by atoms with van der Waals surface area (Å²) in [4.78, 5) is 5.03. The van der Waals surface area contributed by atoms with Crippen LogP contribution in [-0.2, 0) is 12.8 Å². The van der Waals surface area contributed by atoms with Crippen LogP contribution in [0.1, 0.15) is 66.5 Å². The number of nitrogens with one attached hydrogen (secondary N) is 1. The van der Waals surface area contributed by atoms with E-state index in [0.717, 1.165) is 18.8 Å². The van der Waals surface area contributed by atoms with Gasteiger partial charge in [-0.15, -0.1) is 0 Å². The normalized spacial score (nSPS) is 21.3. The Hall–Kier alpha value is -1.51. The maximum Gasteiger partial charge on any atom is 0.0930 e. The molecular weight excluding hydrogens is 234 g/mol. The number of nitrogens with two attached hydrogens (primary N) is 1. The van der Waals surface area contributed by atoms with Crippen LogP contribution in [0.15, 0.2) is 12.4 Å². The third kappa shape index (κ3) is 1.92. The van der Waals surface area contributed by atoms with Gasteiger partial charge in [0.05, 0.1) is 5.82 Å². The molecule has 19 heavy (non-hydrogen) atoms. The fraction of sp³-hybridized carbons (Fsp3) is 0.562. The summed E-state index contributed by atoms with van der Waals surface area (Å²) in [6.45, 7) is 3.83. The molecule has 0 aromatic carbocycles. The molecule has 0 bridgehead atoms. The molecule has 3 heteroatoms. The number of anilines is 1. The molecule has 0 radical (unpaired) electrons. The van der Waals surface area contributed by atoms with Gasteiger partial charge in [0.15, 0.2) is 0 Å². The molecule has 2 fully saturated rings. The highest BCUT2D eigenvalue weighted by atomic mass is 15.0. The minimum Gasteiger partial charge on any atom is -0.386 e. The average molecular weight is 255 g/mol. The number of aromatic nitrogens is 1. The van der Waals surface area contributed by atoms with Gasteiger partial charge in [0, 0.05) is 28.6 Å². The molecule has 3 nitrogen and oxygen atoms in total. The maximum atomic E-state index is 5.82. The fourth-order valence-electron chi connectivity index (χ4n) is 3.37. The van der Waals surface area contributed by atoms with E-state index < -0.39 is 0 Å². The molecule has 0 saturated heterocycles. The zero-order valence-corrected chi connectivity index (χ0v) is 11.3. The standard InChI is InChI=1S/C16H21N3/c1-9(17)18-16-12-3-2-4-13(12)19-15(11-7-8-11)14(16)10-5-6-10/h10-11H,1-8,17H2,(H,18,19). The molecular formula is C16H21N3. The smallest absolute Gasteiger partial charge is 0.0930 e. The molecule has 1 aromatic rings. The van der Waals surface area contributed by atoms with Gasteiger partial charge in [-0.25, -0.2) is 0 Å². The molecule has 0 unspecified atom stereocenters. The quantitative estimate of drug-likeness (QED) is 0.869. The minimum atomic E-state index is 0.559. The largest absolute Gasteiger partial charge is 0.386 e. The van der Waals surface area contributed by atoms with Gasteiger partial charge in [-0.1, -0.05) is 6.58 Å². The van der Waals surface area contributed by atoms with E-state index in [2.05, 4.69) is 11.9 Å². The van der Waals surface area contributed by atoms with Gasteiger partial charge in [-0.2, -0.15) is 0 Å². The topological polar surface area (TPSA) is 50.9 Å². The van der Waals surface area contributed by atoms with Crippen LogP contribution in [0.3, 0.4) is 0 Å². The van der Waals surface area contributed by atoms with Crippen molar-refractivity contribution in [3.8, 4) is 0 Å². The highest BCUT2D eigenvalue weighted by molar-refractivity contribution is 5.66. The van der Waals surface area contributed by atoms with E-state index in [1.807, 2.05) is 0 Å². The predicted octanol–water partition coefficient (Wildman–Crippen LogP) is 3.17. The molecule has 0 atom stereocenters. The summed E-state index contributed by atoms with van der Waals surface area (Å²) in [5.41, 5.74) is 12.7. The van der Waals surface area contributed by atoms with E-state index >= 15 is 0 Å². The van der Waals surface area contributed by atoms with Crippen LogP contribution < -0.4 is 11.1 Å². The average Bonchev–Trinajstić information content (AvgIpc) is 3.26. The Balaban J connectivity index is 1.90. The third-order valence-electron chi connectivity index (χ3n) is 4.53. The van der Waals surface area contributed by atoms with Crippen LogP contribution in [0.5, 0.6) is 0 Å². The van der Waals surface area contributed by atoms with Crippen molar-refractivity contribution in [2.75, 3.05) is 5.32 Å². The van der Waals surface area contributed by atoms with Gasteiger partial charge in [0.25, 0.3) is 0 Å². The highest BCUT2D eigenvalue weighted by Crippen LogP contribution is 2.52. The van der Waals surface area contributed by atoms with Gasteiger partial charge < -0.3 is 11.1 Å². The summed E-state index contributed by atoms with van der Waals surface area (Å²) in [6.07, 6.45) is 8.75. The third-order valence-corrected chi connectivity index (χ3v) is 4.53. The zero-order chi connectivity index (χ0) is 13.0. The molecule has 0 spiro atoms. The summed E-state index contributed by atoms with van der Waals surface area (Å²) in [5, 5.41) is 3.36. The molecule has 2 saturated carbocycles. The van der Waals surface area contributed by atoms with Gasteiger partial charge in [-0.05, 0) is 56.4 Å². The first-order valence-corrected chi connectivity index (χ1v) is 7.51. The van der Waals surface area contributed by atoms with Crippen molar-refractivity contribution in [3.05, 3.63) is 34.9 Å². The maximum absolute atomic E-state index is 5.82. The second kappa shape index (κ2) is 3.99. The van der Waals surface area contributed by atoms with Crippen LogP contribution in [0.4, 0.5) is 5.69 Å². The SMILES string of the molecule is C=C(N)Nc1c2c(nc(C3CC3)c1C1CC1)CCC2. The number of hydrogen-bond acceptors (Lipinski definition) is 3. The van der Waals surface area contributed by atoms with Gasteiger partial charge in [0.1, 0.15) is 0 Å². The Labute approximate surface area is 114 Å². The van der Waals surface area contributed by atoms with Crippen molar-refractivity contribution >= 4 is 5.69 Å². The first-order chi connectivity index (χ1) is 9.24. The Bertz CT molecular complexity index is 554. The van der Waals surface area contributed by atoms with Crippen LogP contribution >= 0.6 is 0 Å². The first kappa shape index (κ1) is 11.3. The first-order valence-electron chi connectivity index (χ1n) is 7.51. The Morgan fingerprint density at radius 1 is 1.16 bits per heavy atom. The monoisotopic (exact) mass is 255 g/mol. The van der Waals surface area contributed by atoms with Crippen molar-refractivity contribution < 1.29 is 0 Å². The summed E-state index contributed by atoms with van der Waals surface area (Å²) in [7, 11) is 0. The fourth-order valence-corrected chi connectivity index (χ4v) is 3.37. The van der Waals surface area contributed by atoms with Crippen molar-refractivity contribution in [1.29, 1.82) is 0 Å². The van der Waals surface area contributed by atoms with Crippen LogP contribution in [0.25, 0.3) is 0 Å². The van der Waals surface area contributed by atoms with Gasteiger partial charge in [0.2, 0.25) is 0 Å². The van der Waals surface area contributed by atoms with Crippen LogP contribution in [0, 0.1) is 0 Å². The minimum absolute atomic E-state index is 0.559. The number of rotatable bonds is 4. The lowest BCUT2D eigenvalue weighted by molar-refractivity contribution is 0.882. The van der Waals surface area contributed by atoms with Gasteiger partial charge in [-0.3, -0.25) is 4.98 Å². The van der Waals surface area contributed by atoms with E-state index in [9.17, 15) is 0 Å². The molecule has 0 amide bonds. The number of hydrogen-bond donors (Lipinski definition) is 2.